The fourth-order valence-electron chi connectivity index (χ4n) is 1.96. The number of rotatable bonds is 5. The van der Waals surface area contributed by atoms with Crippen molar-refractivity contribution in [3.63, 3.8) is 0 Å². The first-order chi connectivity index (χ1) is 10.5. The van der Waals surface area contributed by atoms with Crippen molar-refractivity contribution in [2.24, 2.45) is 0 Å². The van der Waals surface area contributed by atoms with Crippen LogP contribution in [-0.2, 0) is 14.8 Å². The molecule has 0 spiro atoms. The van der Waals surface area contributed by atoms with Crippen molar-refractivity contribution in [2.45, 2.75) is 42.9 Å². The van der Waals surface area contributed by atoms with Crippen molar-refractivity contribution in [1.82, 2.24) is 9.29 Å². The largest absolute Gasteiger partial charge is 0.464 e. The second-order valence-electron chi connectivity index (χ2n) is 5.17. The highest BCUT2D eigenvalue weighted by atomic mass is 35.5. The van der Waals surface area contributed by atoms with Crippen LogP contribution in [0.3, 0.4) is 0 Å². The predicted octanol–water partition coefficient (Wildman–Crippen LogP) is 2.49. The Morgan fingerprint density at radius 2 is 2.04 bits per heavy atom. The Labute approximate surface area is 135 Å². The molecule has 1 aromatic rings. The minimum absolute atomic E-state index is 0.120. The minimum atomic E-state index is -4.75. The van der Waals surface area contributed by atoms with Gasteiger partial charge in [0.25, 0.3) is 0 Å². The normalized spacial score (nSPS) is 17.1. The molecule has 0 aromatic carbocycles. The van der Waals surface area contributed by atoms with Crippen LogP contribution in [0, 0.1) is 0 Å². The molecular formula is C12H14ClF3N2O4S. The van der Waals surface area contributed by atoms with E-state index in [2.05, 4.69) is 4.74 Å². The second-order valence-corrected chi connectivity index (χ2v) is 7.23. The molecule has 11 heteroatoms. The van der Waals surface area contributed by atoms with Crippen LogP contribution in [0.2, 0.25) is 5.02 Å². The van der Waals surface area contributed by atoms with Gasteiger partial charge in [-0.25, -0.2) is 13.2 Å². The van der Waals surface area contributed by atoms with Gasteiger partial charge in [0.05, 0.1) is 12.1 Å². The van der Waals surface area contributed by atoms with Gasteiger partial charge in [-0.15, -0.1) is 0 Å². The number of esters is 1. The number of carbonyl (C=O) groups excluding carboxylic acids is 1. The number of carbonyl (C=O) groups is 1. The average Bonchev–Trinajstić information content (AvgIpc) is 3.19. The van der Waals surface area contributed by atoms with Crippen LogP contribution in [0.5, 0.6) is 0 Å². The number of hydrogen-bond acceptors (Lipinski definition) is 4. The zero-order valence-corrected chi connectivity index (χ0v) is 13.7. The van der Waals surface area contributed by atoms with Crippen LogP contribution >= 0.6 is 11.6 Å². The smallest absolute Gasteiger partial charge is 0.404 e. The van der Waals surface area contributed by atoms with Gasteiger partial charge in [-0.2, -0.15) is 17.9 Å². The molecule has 1 N–H and O–H groups in total. The number of ether oxygens (including phenoxy) is 1. The van der Waals surface area contributed by atoms with E-state index in [1.807, 2.05) is 0 Å². The molecule has 1 aliphatic rings. The molecule has 2 rings (SSSR count). The van der Waals surface area contributed by atoms with E-state index in [9.17, 15) is 26.4 Å². The molecule has 6 nitrogen and oxygen atoms in total. The van der Waals surface area contributed by atoms with Crippen LogP contribution in [0.1, 0.15) is 36.3 Å². The Kier molecular flexibility index (Phi) is 4.71. The minimum Gasteiger partial charge on any atom is -0.464 e. The maximum atomic E-state index is 12.6. The first kappa shape index (κ1) is 18.1. The SMILES string of the molecule is COC(=O)c1c(Cl)c(S(=O)(=O)NC(C)C(F)(F)F)cn1C1CC1. The first-order valence-corrected chi connectivity index (χ1v) is 8.43. The molecule has 1 saturated carbocycles. The molecule has 130 valence electrons. The van der Waals surface area contributed by atoms with Crippen LogP contribution in [0.25, 0.3) is 0 Å². The van der Waals surface area contributed by atoms with Gasteiger partial charge in [-0.3, -0.25) is 0 Å². The van der Waals surface area contributed by atoms with E-state index in [1.54, 1.807) is 0 Å². The summed E-state index contributed by atoms with van der Waals surface area (Å²) < 4.78 is 69.4. The number of hydrogen-bond donors (Lipinski definition) is 1. The molecule has 1 heterocycles. The van der Waals surface area contributed by atoms with Crippen molar-refractivity contribution >= 4 is 27.6 Å². The third-order valence-electron chi connectivity index (χ3n) is 3.37. The fourth-order valence-corrected chi connectivity index (χ4v) is 3.80. The molecule has 0 aliphatic heterocycles. The maximum Gasteiger partial charge on any atom is 0.404 e. The van der Waals surface area contributed by atoms with Crippen LogP contribution in [-0.4, -0.2) is 38.3 Å². The summed E-state index contributed by atoms with van der Waals surface area (Å²) in [4.78, 5) is 11.2. The average molecular weight is 375 g/mol. The molecule has 1 aliphatic carbocycles. The van der Waals surface area contributed by atoms with Gasteiger partial charge < -0.3 is 9.30 Å². The maximum absolute atomic E-state index is 12.6. The predicted molar refractivity (Wildman–Crippen MR) is 74.9 cm³/mol. The van der Waals surface area contributed by atoms with Gasteiger partial charge in [0, 0.05) is 12.2 Å². The molecule has 1 atom stereocenters. The van der Waals surface area contributed by atoms with Gasteiger partial charge in [-0.1, -0.05) is 11.6 Å². The van der Waals surface area contributed by atoms with E-state index >= 15 is 0 Å². The number of aromatic nitrogens is 1. The van der Waals surface area contributed by atoms with Crippen molar-refractivity contribution in [2.75, 3.05) is 7.11 Å². The molecule has 1 fully saturated rings. The zero-order chi connectivity index (χ0) is 17.6. The standard InChI is InChI=1S/C12H14ClF3N2O4S/c1-6(12(14,15)16)17-23(20,21)8-5-18(7-3-4-7)10(9(8)13)11(19)22-2/h5-7,17H,3-4H2,1-2H3. The highest BCUT2D eigenvalue weighted by molar-refractivity contribution is 7.89. The number of alkyl halides is 3. The summed E-state index contributed by atoms with van der Waals surface area (Å²) in [5.41, 5.74) is -0.184. The Morgan fingerprint density at radius 3 is 2.48 bits per heavy atom. The summed E-state index contributed by atoms with van der Waals surface area (Å²) in [6.07, 6.45) is -2.26. The Hall–Kier alpha value is -1.26. The molecule has 0 radical (unpaired) electrons. The van der Waals surface area contributed by atoms with Gasteiger partial charge in [0.2, 0.25) is 10.0 Å². The lowest BCUT2D eigenvalue weighted by Crippen LogP contribution is -2.42. The summed E-state index contributed by atoms with van der Waals surface area (Å²) in [5, 5.41) is -0.453. The molecule has 0 bridgehead atoms. The van der Waals surface area contributed by atoms with E-state index in [0.29, 0.717) is 19.8 Å². The highest BCUT2D eigenvalue weighted by Gasteiger charge is 2.41. The topological polar surface area (TPSA) is 77.4 Å². The molecule has 1 unspecified atom stereocenters. The van der Waals surface area contributed by atoms with Crippen LogP contribution < -0.4 is 4.72 Å². The lowest BCUT2D eigenvalue weighted by Gasteiger charge is -2.16. The molecule has 23 heavy (non-hydrogen) atoms. The van der Waals surface area contributed by atoms with Crippen LogP contribution in [0.4, 0.5) is 13.2 Å². The quantitative estimate of drug-likeness (QED) is 0.803. The number of nitrogens with one attached hydrogen (secondary N) is 1. The summed E-state index contributed by atoms with van der Waals surface area (Å²) >= 11 is 5.94. The second kappa shape index (κ2) is 5.99. The Morgan fingerprint density at radius 1 is 1.48 bits per heavy atom. The lowest BCUT2D eigenvalue weighted by molar-refractivity contribution is -0.147. The highest BCUT2D eigenvalue weighted by Crippen LogP contribution is 2.40. The van der Waals surface area contributed by atoms with E-state index in [1.165, 1.54) is 9.29 Å². The third kappa shape index (κ3) is 3.64. The summed E-state index contributed by atoms with van der Waals surface area (Å²) in [6, 6.07) is -2.42. The molecule has 1 aromatic heterocycles. The number of sulfonamides is 1. The van der Waals surface area contributed by atoms with E-state index in [0.717, 1.165) is 13.3 Å². The molecular weight excluding hydrogens is 361 g/mol. The zero-order valence-electron chi connectivity index (χ0n) is 12.1. The van der Waals surface area contributed by atoms with E-state index < -0.39 is 38.1 Å². The van der Waals surface area contributed by atoms with Crippen molar-refractivity contribution in [1.29, 1.82) is 0 Å². The summed E-state index contributed by atoms with van der Waals surface area (Å²) in [7, 11) is -3.45. The monoisotopic (exact) mass is 374 g/mol. The molecule has 0 amide bonds. The van der Waals surface area contributed by atoms with E-state index in [4.69, 9.17) is 11.6 Å². The van der Waals surface area contributed by atoms with Gasteiger partial charge in [0.15, 0.2) is 0 Å². The lowest BCUT2D eigenvalue weighted by atomic mass is 10.4. The first-order valence-electron chi connectivity index (χ1n) is 6.56. The van der Waals surface area contributed by atoms with Gasteiger partial charge in [-0.05, 0) is 19.8 Å². The summed E-state index contributed by atoms with van der Waals surface area (Å²) in [6.45, 7) is 0.671. The third-order valence-corrected chi connectivity index (χ3v) is 5.42. The van der Waals surface area contributed by atoms with Crippen LogP contribution in [0.15, 0.2) is 11.1 Å². The van der Waals surface area contributed by atoms with E-state index in [-0.39, 0.29) is 11.7 Å². The number of nitrogens with zero attached hydrogens (tertiary/aromatic N) is 1. The van der Waals surface area contributed by atoms with Crippen molar-refractivity contribution < 1.29 is 31.1 Å². The Bertz CT molecular complexity index is 725. The fraction of sp³-hybridized carbons (Fsp3) is 0.583. The number of methoxy groups -OCH3 is 1. The van der Waals surface area contributed by atoms with Crippen molar-refractivity contribution in [3.05, 3.63) is 16.9 Å². The van der Waals surface area contributed by atoms with Crippen molar-refractivity contribution in [3.8, 4) is 0 Å². The van der Waals surface area contributed by atoms with Gasteiger partial charge >= 0.3 is 12.1 Å². The Balaban J connectivity index is 2.45. The summed E-state index contributed by atoms with van der Waals surface area (Å²) in [5.74, 6) is -0.854. The molecule has 0 saturated heterocycles. The van der Waals surface area contributed by atoms with Gasteiger partial charge in [0.1, 0.15) is 16.6 Å². The number of halogens is 4.